The number of anilines is 1. The molecule has 0 heterocycles. The maximum Gasteiger partial charge on any atom is 0.306 e. The number of aryl methyl sites for hydroxylation is 2. The van der Waals surface area contributed by atoms with Gasteiger partial charge in [-0.25, -0.2) is 0 Å². The van der Waals surface area contributed by atoms with Gasteiger partial charge in [-0.05, 0) is 37.5 Å². The average molecular weight is 325 g/mol. The first kappa shape index (κ1) is 17.7. The molecule has 2 aromatic rings. The summed E-state index contributed by atoms with van der Waals surface area (Å²) in [5.74, 6) is -0.721. The lowest BCUT2D eigenvalue weighted by Crippen LogP contribution is -2.26. The van der Waals surface area contributed by atoms with Crippen molar-refractivity contribution in [3.8, 4) is 0 Å². The van der Waals surface area contributed by atoms with Gasteiger partial charge in [0.1, 0.15) is 0 Å². The van der Waals surface area contributed by atoms with Crippen molar-refractivity contribution < 1.29 is 14.3 Å². The molecule has 0 fully saturated rings. The first-order valence-electron chi connectivity index (χ1n) is 8.13. The quantitative estimate of drug-likeness (QED) is 0.804. The number of esters is 1. The molecule has 0 unspecified atom stereocenters. The smallest absolute Gasteiger partial charge is 0.306 e. The van der Waals surface area contributed by atoms with Crippen molar-refractivity contribution in [1.82, 2.24) is 0 Å². The van der Waals surface area contributed by atoms with Gasteiger partial charge in [0.05, 0.1) is 0 Å². The second kappa shape index (κ2) is 8.29. The van der Waals surface area contributed by atoms with Crippen LogP contribution < -0.4 is 5.32 Å². The van der Waals surface area contributed by atoms with Crippen LogP contribution in [0.1, 0.15) is 42.6 Å². The molecule has 1 amide bonds. The van der Waals surface area contributed by atoms with E-state index < -0.39 is 6.10 Å². The van der Waals surface area contributed by atoms with Crippen molar-refractivity contribution in [3.63, 3.8) is 0 Å². The summed E-state index contributed by atoms with van der Waals surface area (Å²) >= 11 is 0. The number of nitrogens with one attached hydrogen (secondary N) is 1. The van der Waals surface area contributed by atoms with Crippen LogP contribution >= 0.6 is 0 Å². The van der Waals surface area contributed by atoms with E-state index in [0.29, 0.717) is 18.4 Å². The number of hydrogen-bond acceptors (Lipinski definition) is 3. The number of amides is 1. The van der Waals surface area contributed by atoms with Crippen molar-refractivity contribution in [2.24, 2.45) is 0 Å². The Morgan fingerprint density at radius 1 is 1.08 bits per heavy atom. The Balaban J connectivity index is 2.24. The third-order valence-electron chi connectivity index (χ3n) is 3.69. The highest BCUT2D eigenvalue weighted by Gasteiger charge is 2.25. The highest BCUT2D eigenvalue weighted by molar-refractivity contribution is 5.96. The van der Waals surface area contributed by atoms with Crippen LogP contribution in [0.2, 0.25) is 0 Å². The van der Waals surface area contributed by atoms with Gasteiger partial charge in [-0.3, -0.25) is 9.59 Å². The Morgan fingerprint density at radius 3 is 2.46 bits per heavy atom. The standard InChI is InChI=1S/C20H23NO3/c1-4-8-18(22)24-19(16-9-6-5-7-10-16)20(23)21-17-13-14(2)11-12-15(17)3/h5-7,9-13,19H,4,8H2,1-3H3,(H,21,23)/t19-/m1/s1. The Kier molecular flexibility index (Phi) is 6.13. The molecule has 0 saturated carbocycles. The van der Waals surface area contributed by atoms with Gasteiger partial charge in [-0.2, -0.15) is 0 Å². The van der Waals surface area contributed by atoms with E-state index in [4.69, 9.17) is 4.74 Å². The average Bonchev–Trinajstić information content (AvgIpc) is 2.57. The van der Waals surface area contributed by atoms with Gasteiger partial charge < -0.3 is 10.1 Å². The molecule has 0 aliphatic carbocycles. The number of benzene rings is 2. The van der Waals surface area contributed by atoms with E-state index in [1.165, 1.54) is 0 Å². The molecule has 0 aliphatic heterocycles. The van der Waals surface area contributed by atoms with Gasteiger partial charge >= 0.3 is 5.97 Å². The highest BCUT2D eigenvalue weighted by atomic mass is 16.5. The van der Waals surface area contributed by atoms with E-state index in [9.17, 15) is 9.59 Å². The van der Waals surface area contributed by atoms with Gasteiger partial charge in [0.2, 0.25) is 6.10 Å². The predicted molar refractivity (Wildman–Crippen MR) is 94.7 cm³/mol. The maximum atomic E-state index is 12.7. The van der Waals surface area contributed by atoms with Crippen LogP contribution in [0.25, 0.3) is 0 Å². The lowest BCUT2D eigenvalue weighted by atomic mass is 10.1. The van der Waals surface area contributed by atoms with E-state index in [1.54, 1.807) is 12.1 Å². The summed E-state index contributed by atoms with van der Waals surface area (Å²) in [6.45, 7) is 5.79. The number of carbonyl (C=O) groups is 2. The van der Waals surface area contributed by atoms with Gasteiger partial charge in [0, 0.05) is 17.7 Å². The molecular formula is C20H23NO3. The van der Waals surface area contributed by atoms with E-state index in [1.807, 2.05) is 57.2 Å². The molecular weight excluding hydrogens is 302 g/mol. The molecule has 1 N–H and O–H groups in total. The molecule has 0 bridgehead atoms. The fourth-order valence-electron chi connectivity index (χ4n) is 2.36. The zero-order valence-corrected chi connectivity index (χ0v) is 14.3. The first-order chi connectivity index (χ1) is 11.5. The number of hydrogen-bond donors (Lipinski definition) is 1. The summed E-state index contributed by atoms with van der Waals surface area (Å²) < 4.78 is 5.43. The van der Waals surface area contributed by atoms with Crippen LogP contribution in [-0.2, 0) is 14.3 Å². The van der Waals surface area contributed by atoms with Crippen LogP contribution in [-0.4, -0.2) is 11.9 Å². The summed E-state index contributed by atoms with van der Waals surface area (Å²) in [6.07, 6.45) is 0.0177. The maximum absolute atomic E-state index is 12.7. The Bertz CT molecular complexity index is 710. The van der Waals surface area contributed by atoms with Crippen LogP contribution in [0.5, 0.6) is 0 Å². The molecule has 24 heavy (non-hydrogen) atoms. The van der Waals surface area contributed by atoms with E-state index in [-0.39, 0.29) is 11.9 Å². The third kappa shape index (κ3) is 4.69. The molecule has 0 spiro atoms. The molecule has 0 saturated heterocycles. The van der Waals surface area contributed by atoms with Crippen molar-refractivity contribution in [1.29, 1.82) is 0 Å². The largest absolute Gasteiger partial charge is 0.447 e. The molecule has 1 atom stereocenters. The number of rotatable bonds is 6. The Labute approximate surface area is 142 Å². The predicted octanol–water partition coefficient (Wildman–Crippen LogP) is 4.33. The van der Waals surface area contributed by atoms with Crippen LogP contribution in [0.15, 0.2) is 48.5 Å². The third-order valence-corrected chi connectivity index (χ3v) is 3.69. The van der Waals surface area contributed by atoms with Crippen LogP contribution in [0, 0.1) is 13.8 Å². The van der Waals surface area contributed by atoms with E-state index >= 15 is 0 Å². The van der Waals surface area contributed by atoms with Crippen molar-refractivity contribution in [2.75, 3.05) is 5.32 Å². The molecule has 2 aromatic carbocycles. The van der Waals surface area contributed by atoms with Crippen LogP contribution in [0.3, 0.4) is 0 Å². The molecule has 0 radical (unpaired) electrons. The first-order valence-corrected chi connectivity index (χ1v) is 8.13. The van der Waals surface area contributed by atoms with E-state index in [2.05, 4.69) is 5.32 Å². The minimum absolute atomic E-state index is 0.292. The lowest BCUT2D eigenvalue weighted by Gasteiger charge is -2.19. The van der Waals surface area contributed by atoms with Crippen molar-refractivity contribution in [2.45, 2.75) is 39.7 Å². The van der Waals surface area contributed by atoms with Gasteiger partial charge in [-0.1, -0.05) is 49.4 Å². The minimum atomic E-state index is -0.954. The topological polar surface area (TPSA) is 55.4 Å². The van der Waals surface area contributed by atoms with Crippen molar-refractivity contribution >= 4 is 17.6 Å². The Hall–Kier alpha value is -2.62. The monoisotopic (exact) mass is 325 g/mol. The zero-order valence-electron chi connectivity index (χ0n) is 14.3. The molecule has 126 valence electrons. The normalized spacial score (nSPS) is 11.6. The van der Waals surface area contributed by atoms with Crippen molar-refractivity contribution in [3.05, 3.63) is 65.2 Å². The molecule has 4 nitrogen and oxygen atoms in total. The summed E-state index contributed by atoms with van der Waals surface area (Å²) in [4.78, 5) is 24.6. The minimum Gasteiger partial charge on any atom is -0.447 e. The molecule has 0 aromatic heterocycles. The number of carbonyl (C=O) groups excluding carboxylic acids is 2. The second-order valence-corrected chi connectivity index (χ2v) is 5.84. The van der Waals surface area contributed by atoms with Crippen LogP contribution in [0.4, 0.5) is 5.69 Å². The highest BCUT2D eigenvalue weighted by Crippen LogP contribution is 2.23. The number of ether oxygens (including phenoxy) is 1. The summed E-state index contributed by atoms with van der Waals surface area (Å²) in [5.41, 5.74) is 3.40. The SMILES string of the molecule is CCCC(=O)O[C@@H](C(=O)Nc1cc(C)ccc1C)c1ccccc1. The fraction of sp³-hybridized carbons (Fsp3) is 0.300. The lowest BCUT2D eigenvalue weighted by molar-refractivity contribution is -0.154. The summed E-state index contributed by atoms with van der Waals surface area (Å²) in [5, 5.41) is 2.88. The van der Waals surface area contributed by atoms with Gasteiger partial charge in [0.15, 0.2) is 0 Å². The van der Waals surface area contributed by atoms with Gasteiger partial charge in [-0.15, -0.1) is 0 Å². The molecule has 0 aliphatic rings. The Morgan fingerprint density at radius 2 is 1.79 bits per heavy atom. The second-order valence-electron chi connectivity index (χ2n) is 5.84. The summed E-state index contributed by atoms with van der Waals surface area (Å²) in [6, 6.07) is 14.9. The molecule has 4 heteroatoms. The zero-order chi connectivity index (χ0) is 17.5. The summed E-state index contributed by atoms with van der Waals surface area (Å²) in [7, 11) is 0. The van der Waals surface area contributed by atoms with Gasteiger partial charge in [0.25, 0.3) is 5.91 Å². The molecule has 2 rings (SSSR count). The van der Waals surface area contributed by atoms with E-state index in [0.717, 1.165) is 16.8 Å². The fourth-order valence-corrected chi connectivity index (χ4v) is 2.36.